The van der Waals surface area contributed by atoms with Crippen LogP contribution < -0.4 is 0 Å². The molecule has 2 bridgehead atoms. The van der Waals surface area contributed by atoms with Gasteiger partial charge in [0.2, 0.25) is 0 Å². The Hall–Kier alpha value is -2.02. The first-order valence-electron chi connectivity index (χ1n) is 10.2. The molecule has 2 aromatic carbocycles. The molecule has 0 aliphatic heterocycles. The van der Waals surface area contributed by atoms with Gasteiger partial charge in [0.25, 0.3) is 0 Å². The molecule has 2 fully saturated rings. The molecule has 0 radical (unpaired) electrons. The standard InChI is InChI=1S/C25H30O/c1-2-24-23-12-7-16-25(24,21-10-6-11-22(26)18-21)17-15-20(23)14-13-19-8-4-3-5-9-19/h2-6,8-11,18,20,23-24,26H,1,7,12-17H2/t20?,23-,24+,25+/m1/s1. The van der Waals surface area contributed by atoms with Crippen LogP contribution in [0.1, 0.15) is 49.7 Å². The maximum atomic E-state index is 10.0. The molecule has 2 aliphatic rings. The average molecular weight is 347 g/mol. The first-order valence-corrected chi connectivity index (χ1v) is 10.2. The molecular formula is C25H30O. The highest BCUT2D eigenvalue weighted by molar-refractivity contribution is 5.36. The van der Waals surface area contributed by atoms with Gasteiger partial charge in [0.05, 0.1) is 0 Å². The zero-order valence-electron chi connectivity index (χ0n) is 15.6. The van der Waals surface area contributed by atoms with Crippen LogP contribution in [-0.2, 0) is 11.8 Å². The van der Waals surface area contributed by atoms with Crippen LogP contribution in [0.2, 0.25) is 0 Å². The van der Waals surface area contributed by atoms with Gasteiger partial charge in [-0.05, 0) is 79.5 Å². The van der Waals surface area contributed by atoms with Crippen molar-refractivity contribution in [1.82, 2.24) is 0 Å². The van der Waals surface area contributed by atoms with Crippen molar-refractivity contribution >= 4 is 0 Å². The molecule has 1 nitrogen and oxygen atoms in total. The van der Waals surface area contributed by atoms with Gasteiger partial charge in [0, 0.05) is 5.41 Å². The number of hydrogen-bond acceptors (Lipinski definition) is 1. The van der Waals surface area contributed by atoms with Crippen LogP contribution in [0.4, 0.5) is 0 Å². The molecule has 0 aromatic heterocycles. The van der Waals surface area contributed by atoms with Crippen molar-refractivity contribution in [3.8, 4) is 5.75 Å². The maximum absolute atomic E-state index is 10.0. The van der Waals surface area contributed by atoms with E-state index in [-0.39, 0.29) is 5.41 Å². The number of allylic oxidation sites excluding steroid dienone is 1. The summed E-state index contributed by atoms with van der Waals surface area (Å²) < 4.78 is 0. The molecule has 26 heavy (non-hydrogen) atoms. The SMILES string of the molecule is C=C[C@H]1[C@@H]2CCC[C@@]1(c1cccc(O)c1)CCC2CCc1ccccc1. The molecule has 0 heterocycles. The van der Waals surface area contributed by atoms with Crippen molar-refractivity contribution in [3.63, 3.8) is 0 Å². The minimum Gasteiger partial charge on any atom is -0.508 e. The van der Waals surface area contributed by atoms with E-state index in [1.807, 2.05) is 12.1 Å². The van der Waals surface area contributed by atoms with Crippen LogP contribution in [0.3, 0.4) is 0 Å². The first-order chi connectivity index (χ1) is 12.7. The number of aryl methyl sites for hydroxylation is 1. The molecule has 1 N–H and O–H groups in total. The lowest BCUT2D eigenvalue weighted by Crippen LogP contribution is -2.48. The summed E-state index contributed by atoms with van der Waals surface area (Å²) in [4.78, 5) is 0. The zero-order chi connectivity index (χ0) is 18.0. The van der Waals surface area contributed by atoms with Crippen LogP contribution in [0.15, 0.2) is 67.3 Å². The van der Waals surface area contributed by atoms with E-state index in [4.69, 9.17) is 0 Å². The molecule has 0 saturated heterocycles. The van der Waals surface area contributed by atoms with Crippen LogP contribution in [0, 0.1) is 17.8 Å². The van der Waals surface area contributed by atoms with Crippen molar-refractivity contribution in [2.75, 3.05) is 0 Å². The smallest absolute Gasteiger partial charge is 0.115 e. The Bertz CT molecular complexity index is 750. The maximum Gasteiger partial charge on any atom is 0.115 e. The fourth-order valence-electron chi connectivity index (χ4n) is 5.94. The predicted octanol–water partition coefficient (Wildman–Crippen LogP) is 6.28. The van der Waals surface area contributed by atoms with Crippen LogP contribution in [0.5, 0.6) is 5.75 Å². The largest absolute Gasteiger partial charge is 0.508 e. The van der Waals surface area contributed by atoms with Crippen molar-refractivity contribution in [3.05, 3.63) is 78.4 Å². The highest BCUT2D eigenvalue weighted by atomic mass is 16.3. The van der Waals surface area contributed by atoms with Gasteiger partial charge in [0.15, 0.2) is 0 Å². The third kappa shape index (κ3) is 3.09. The molecule has 4 rings (SSSR count). The summed E-state index contributed by atoms with van der Waals surface area (Å²) in [6, 6.07) is 18.9. The molecule has 0 amide bonds. The first kappa shape index (κ1) is 17.4. The van der Waals surface area contributed by atoms with E-state index in [0.29, 0.717) is 11.7 Å². The Balaban J connectivity index is 1.57. The Morgan fingerprint density at radius 3 is 2.65 bits per heavy atom. The minimum atomic E-state index is 0.187. The summed E-state index contributed by atoms with van der Waals surface area (Å²) in [6.07, 6.45) is 11.1. The van der Waals surface area contributed by atoms with E-state index in [1.54, 1.807) is 6.07 Å². The lowest BCUT2D eigenvalue weighted by molar-refractivity contribution is 0.0362. The van der Waals surface area contributed by atoms with Crippen LogP contribution in [0.25, 0.3) is 0 Å². The van der Waals surface area contributed by atoms with Crippen molar-refractivity contribution in [1.29, 1.82) is 0 Å². The quantitative estimate of drug-likeness (QED) is 0.632. The summed E-state index contributed by atoms with van der Waals surface area (Å²) in [5.74, 6) is 2.46. The number of fused-ring (bicyclic) bond motifs is 2. The van der Waals surface area contributed by atoms with E-state index in [0.717, 1.165) is 11.8 Å². The Labute approximate surface area is 157 Å². The Morgan fingerprint density at radius 2 is 1.88 bits per heavy atom. The summed E-state index contributed by atoms with van der Waals surface area (Å²) >= 11 is 0. The highest BCUT2D eigenvalue weighted by Gasteiger charge is 2.50. The van der Waals surface area contributed by atoms with Crippen molar-refractivity contribution in [2.24, 2.45) is 17.8 Å². The summed E-state index contributed by atoms with van der Waals surface area (Å²) in [7, 11) is 0. The van der Waals surface area contributed by atoms with Crippen LogP contribution in [-0.4, -0.2) is 5.11 Å². The van der Waals surface area contributed by atoms with E-state index in [2.05, 4.69) is 49.1 Å². The van der Waals surface area contributed by atoms with E-state index >= 15 is 0 Å². The Morgan fingerprint density at radius 1 is 1.04 bits per heavy atom. The lowest BCUT2D eigenvalue weighted by atomic mass is 9.50. The second-order valence-corrected chi connectivity index (χ2v) is 8.35. The van der Waals surface area contributed by atoms with Crippen molar-refractivity contribution in [2.45, 2.75) is 50.4 Å². The molecular weight excluding hydrogens is 316 g/mol. The zero-order valence-corrected chi connectivity index (χ0v) is 15.6. The van der Waals surface area contributed by atoms with Gasteiger partial charge in [-0.15, -0.1) is 6.58 Å². The second-order valence-electron chi connectivity index (χ2n) is 8.35. The molecule has 0 spiro atoms. The molecule has 2 saturated carbocycles. The normalized spacial score (nSPS) is 30.7. The lowest BCUT2D eigenvalue weighted by Gasteiger charge is -2.54. The number of benzene rings is 2. The highest BCUT2D eigenvalue weighted by Crippen LogP contribution is 2.57. The van der Waals surface area contributed by atoms with Crippen molar-refractivity contribution < 1.29 is 5.11 Å². The minimum absolute atomic E-state index is 0.187. The third-order valence-electron chi connectivity index (χ3n) is 7.15. The molecule has 1 unspecified atom stereocenters. The molecule has 2 aromatic rings. The van der Waals surface area contributed by atoms with Gasteiger partial charge >= 0.3 is 0 Å². The fraction of sp³-hybridized carbons (Fsp3) is 0.440. The number of aromatic hydroxyl groups is 1. The topological polar surface area (TPSA) is 20.2 Å². The summed E-state index contributed by atoms with van der Waals surface area (Å²) in [6.45, 7) is 4.25. The predicted molar refractivity (Wildman–Crippen MR) is 108 cm³/mol. The van der Waals surface area contributed by atoms with Gasteiger partial charge in [0.1, 0.15) is 5.75 Å². The number of phenolic OH excluding ortho intramolecular Hbond substituents is 1. The van der Waals surface area contributed by atoms with E-state index < -0.39 is 0 Å². The fourth-order valence-corrected chi connectivity index (χ4v) is 5.94. The molecule has 2 aliphatic carbocycles. The molecule has 4 atom stereocenters. The number of rotatable bonds is 5. The van der Waals surface area contributed by atoms with Gasteiger partial charge in [-0.2, -0.15) is 0 Å². The summed E-state index contributed by atoms with van der Waals surface area (Å²) in [5, 5.41) is 10.0. The van der Waals surface area contributed by atoms with E-state index in [9.17, 15) is 5.11 Å². The molecule has 1 heteroatoms. The second kappa shape index (κ2) is 7.31. The number of phenols is 1. The Kier molecular flexibility index (Phi) is 4.89. The van der Waals surface area contributed by atoms with Gasteiger partial charge in [-0.25, -0.2) is 0 Å². The van der Waals surface area contributed by atoms with E-state index in [1.165, 1.54) is 56.1 Å². The average Bonchev–Trinajstić information content (AvgIpc) is 2.67. The van der Waals surface area contributed by atoms with Gasteiger partial charge in [-0.1, -0.05) is 55.0 Å². The summed E-state index contributed by atoms with van der Waals surface area (Å²) in [5.41, 5.74) is 2.98. The molecule has 136 valence electrons. The monoisotopic (exact) mass is 346 g/mol. The van der Waals surface area contributed by atoms with Crippen LogP contribution >= 0.6 is 0 Å². The number of hydrogen-bond donors (Lipinski definition) is 1. The van der Waals surface area contributed by atoms with Gasteiger partial charge in [-0.3, -0.25) is 0 Å². The van der Waals surface area contributed by atoms with Gasteiger partial charge < -0.3 is 5.11 Å². The third-order valence-corrected chi connectivity index (χ3v) is 7.15.